The summed E-state index contributed by atoms with van der Waals surface area (Å²) >= 11 is 2.73. The molecule has 2 amide bonds. The van der Waals surface area contributed by atoms with Gasteiger partial charge >= 0.3 is 0 Å². The lowest BCUT2D eigenvalue weighted by atomic mass is 10.1. The summed E-state index contributed by atoms with van der Waals surface area (Å²) in [6.07, 6.45) is 0. The Bertz CT molecular complexity index is 1030. The van der Waals surface area contributed by atoms with Crippen LogP contribution < -0.4 is 16.4 Å². The molecule has 150 valence electrons. The molecule has 1 atom stereocenters. The van der Waals surface area contributed by atoms with Gasteiger partial charge in [0, 0.05) is 16.9 Å². The molecule has 0 spiro atoms. The molecule has 0 saturated carbocycles. The van der Waals surface area contributed by atoms with Crippen LogP contribution >= 0.6 is 23.1 Å². The van der Waals surface area contributed by atoms with Gasteiger partial charge in [-0.2, -0.15) is 0 Å². The van der Waals surface area contributed by atoms with E-state index in [1.165, 1.54) is 34.2 Å². The number of benzene rings is 2. The highest BCUT2D eigenvalue weighted by Gasteiger charge is 2.17. The molecule has 0 fully saturated rings. The molecule has 3 rings (SSSR count). The zero-order chi connectivity index (χ0) is 21.0. The molecule has 0 aliphatic carbocycles. The molecular formula is C20H21N5O2S2. The third kappa shape index (κ3) is 5.55. The maximum absolute atomic E-state index is 12.4. The minimum absolute atomic E-state index is 0.166. The molecule has 9 heteroatoms. The third-order valence-corrected chi connectivity index (χ3v) is 6.27. The van der Waals surface area contributed by atoms with Gasteiger partial charge in [0.15, 0.2) is 4.34 Å². The van der Waals surface area contributed by atoms with Crippen LogP contribution in [0.25, 0.3) is 0 Å². The Labute approximate surface area is 177 Å². The second-order valence-corrected chi connectivity index (χ2v) is 9.05. The fourth-order valence-electron chi connectivity index (χ4n) is 2.42. The van der Waals surface area contributed by atoms with E-state index in [0.29, 0.717) is 20.7 Å². The lowest BCUT2D eigenvalue weighted by molar-refractivity contribution is -0.115. The van der Waals surface area contributed by atoms with E-state index in [2.05, 4.69) is 46.8 Å². The van der Waals surface area contributed by atoms with Crippen LogP contribution in [-0.2, 0) is 4.79 Å². The van der Waals surface area contributed by atoms with E-state index in [9.17, 15) is 9.59 Å². The van der Waals surface area contributed by atoms with Gasteiger partial charge in [0.2, 0.25) is 16.9 Å². The predicted octanol–water partition coefficient (Wildman–Crippen LogP) is 4.12. The number of carbonyl (C=O) groups is 2. The summed E-state index contributed by atoms with van der Waals surface area (Å²) in [5, 5.41) is 14.7. The standard InChI is InChI=1S/C20H21N5O2S2/c1-11-4-7-16(10-12(11)2)23-19-24-25-20(29-19)28-13(3)18(27)22-15-8-5-14(6-9-15)17(21)26/h4-10,13H,1-3H3,(H2,21,26)(H,22,27)(H,23,24). The van der Waals surface area contributed by atoms with Gasteiger partial charge in [-0.3, -0.25) is 9.59 Å². The molecule has 1 aromatic heterocycles. The van der Waals surface area contributed by atoms with Gasteiger partial charge < -0.3 is 16.4 Å². The zero-order valence-corrected chi connectivity index (χ0v) is 17.9. The van der Waals surface area contributed by atoms with Gasteiger partial charge in [-0.15, -0.1) is 10.2 Å². The molecule has 1 unspecified atom stereocenters. The quantitative estimate of drug-likeness (QED) is 0.489. The Hall–Kier alpha value is -2.91. The molecular weight excluding hydrogens is 406 g/mol. The van der Waals surface area contributed by atoms with Crippen LogP contribution in [0.15, 0.2) is 46.8 Å². The molecule has 7 nitrogen and oxygen atoms in total. The first kappa shape index (κ1) is 20.8. The van der Waals surface area contributed by atoms with Crippen molar-refractivity contribution in [1.82, 2.24) is 10.2 Å². The van der Waals surface area contributed by atoms with Crippen LogP contribution in [0.4, 0.5) is 16.5 Å². The van der Waals surface area contributed by atoms with Gasteiger partial charge in [0.05, 0.1) is 5.25 Å². The summed E-state index contributed by atoms with van der Waals surface area (Å²) in [6, 6.07) is 12.5. The largest absolute Gasteiger partial charge is 0.366 e. The summed E-state index contributed by atoms with van der Waals surface area (Å²) in [5.41, 5.74) is 9.59. The number of nitrogens with zero attached hydrogens (tertiary/aromatic N) is 2. The Morgan fingerprint density at radius 1 is 1.03 bits per heavy atom. The first-order valence-corrected chi connectivity index (χ1v) is 10.6. The molecule has 1 heterocycles. The Morgan fingerprint density at radius 3 is 2.38 bits per heavy atom. The Morgan fingerprint density at radius 2 is 1.72 bits per heavy atom. The van der Waals surface area contributed by atoms with Crippen LogP contribution in [0.2, 0.25) is 0 Å². The molecule has 0 saturated heterocycles. The van der Waals surface area contributed by atoms with E-state index in [1.807, 2.05) is 6.07 Å². The van der Waals surface area contributed by atoms with Gasteiger partial charge in [-0.05, 0) is 68.3 Å². The van der Waals surface area contributed by atoms with Crippen molar-refractivity contribution in [1.29, 1.82) is 0 Å². The molecule has 0 aliphatic heterocycles. The summed E-state index contributed by atoms with van der Waals surface area (Å²) in [5.74, 6) is -0.672. The number of amides is 2. The maximum atomic E-state index is 12.4. The molecule has 2 aromatic carbocycles. The number of hydrogen-bond acceptors (Lipinski definition) is 7. The van der Waals surface area contributed by atoms with Gasteiger partial charge in [0.25, 0.3) is 0 Å². The monoisotopic (exact) mass is 427 g/mol. The minimum Gasteiger partial charge on any atom is -0.366 e. The van der Waals surface area contributed by atoms with Crippen LogP contribution in [0, 0.1) is 13.8 Å². The fourth-order valence-corrected chi connectivity index (χ4v) is 4.33. The van der Waals surface area contributed by atoms with E-state index in [-0.39, 0.29) is 11.2 Å². The number of aromatic nitrogens is 2. The van der Waals surface area contributed by atoms with E-state index in [1.54, 1.807) is 31.2 Å². The van der Waals surface area contributed by atoms with Crippen molar-refractivity contribution in [3.8, 4) is 0 Å². The summed E-state index contributed by atoms with van der Waals surface area (Å²) < 4.78 is 0.697. The second-order valence-electron chi connectivity index (χ2n) is 6.49. The number of anilines is 3. The second kappa shape index (κ2) is 9.06. The van der Waals surface area contributed by atoms with Crippen LogP contribution in [0.3, 0.4) is 0 Å². The van der Waals surface area contributed by atoms with E-state index in [0.717, 1.165) is 5.69 Å². The minimum atomic E-state index is -0.506. The molecule has 0 aliphatic rings. The average Bonchev–Trinajstić information content (AvgIpc) is 3.12. The predicted molar refractivity (Wildman–Crippen MR) is 118 cm³/mol. The third-order valence-electron chi connectivity index (χ3n) is 4.25. The molecule has 29 heavy (non-hydrogen) atoms. The lowest BCUT2D eigenvalue weighted by Gasteiger charge is -2.10. The van der Waals surface area contributed by atoms with E-state index >= 15 is 0 Å². The van der Waals surface area contributed by atoms with Crippen molar-refractivity contribution in [3.63, 3.8) is 0 Å². The van der Waals surface area contributed by atoms with Gasteiger partial charge in [-0.25, -0.2) is 0 Å². The van der Waals surface area contributed by atoms with E-state index in [4.69, 9.17) is 5.73 Å². The van der Waals surface area contributed by atoms with Crippen molar-refractivity contribution in [2.24, 2.45) is 5.73 Å². The van der Waals surface area contributed by atoms with Crippen molar-refractivity contribution in [3.05, 3.63) is 59.2 Å². The molecule has 4 N–H and O–H groups in total. The van der Waals surface area contributed by atoms with Crippen LogP contribution in [0.5, 0.6) is 0 Å². The number of aryl methyl sites for hydroxylation is 2. The number of hydrogen-bond donors (Lipinski definition) is 3. The SMILES string of the molecule is Cc1ccc(Nc2nnc(SC(C)C(=O)Nc3ccc(C(N)=O)cc3)s2)cc1C. The zero-order valence-electron chi connectivity index (χ0n) is 16.2. The number of carbonyl (C=O) groups excluding carboxylic acids is 2. The molecule has 3 aromatic rings. The highest BCUT2D eigenvalue weighted by molar-refractivity contribution is 8.02. The summed E-state index contributed by atoms with van der Waals surface area (Å²) in [7, 11) is 0. The number of primary amides is 1. The number of rotatable bonds is 7. The average molecular weight is 428 g/mol. The van der Waals surface area contributed by atoms with Crippen molar-refractivity contribution in [2.45, 2.75) is 30.4 Å². The van der Waals surface area contributed by atoms with Crippen molar-refractivity contribution in [2.75, 3.05) is 10.6 Å². The van der Waals surface area contributed by atoms with Crippen molar-refractivity contribution >= 4 is 51.4 Å². The number of nitrogens with one attached hydrogen (secondary N) is 2. The fraction of sp³-hybridized carbons (Fsp3) is 0.200. The topological polar surface area (TPSA) is 110 Å². The maximum Gasteiger partial charge on any atom is 0.248 e. The Balaban J connectivity index is 1.57. The number of thioether (sulfide) groups is 1. The van der Waals surface area contributed by atoms with Gasteiger partial charge in [-0.1, -0.05) is 29.2 Å². The van der Waals surface area contributed by atoms with Crippen LogP contribution in [-0.4, -0.2) is 27.3 Å². The lowest BCUT2D eigenvalue weighted by Crippen LogP contribution is -2.22. The smallest absolute Gasteiger partial charge is 0.248 e. The molecule has 0 bridgehead atoms. The van der Waals surface area contributed by atoms with Crippen molar-refractivity contribution < 1.29 is 9.59 Å². The normalized spacial score (nSPS) is 11.7. The van der Waals surface area contributed by atoms with Crippen LogP contribution in [0.1, 0.15) is 28.4 Å². The first-order chi connectivity index (χ1) is 13.8. The van der Waals surface area contributed by atoms with E-state index < -0.39 is 5.91 Å². The summed E-state index contributed by atoms with van der Waals surface area (Å²) in [4.78, 5) is 23.5. The molecule has 0 radical (unpaired) electrons. The highest BCUT2D eigenvalue weighted by Crippen LogP contribution is 2.31. The first-order valence-electron chi connectivity index (χ1n) is 8.87. The number of nitrogens with two attached hydrogens (primary N) is 1. The Kier molecular flexibility index (Phi) is 6.50. The highest BCUT2D eigenvalue weighted by atomic mass is 32.2. The van der Waals surface area contributed by atoms with Gasteiger partial charge in [0.1, 0.15) is 0 Å². The summed E-state index contributed by atoms with van der Waals surface area (Å²) in [6.45, 7) is 5.93.